The van der Waals surface area contributed by atoms with E-state index in [1.54, 1.807) is 18.3 Å². The van der Waals surface area contributed by atoms with Crippen molar-refractivity contribution >= 4 is 5.97 Å². The molecule has 1 aromatic heterocycles. The molecule has 2 rings (SSSR count). The number of carbonyl (C=O) groups excluding carboxylic acids is 1. The van der Waals surface area contributed by atoms with Crippen molar-refractivity contribution in [1.82, 2.24) is 4.98 Å². The first kappa shape index (κ1) is 12.0. The van der Waals surface area contributed by atoms with Gasteiger partial charge in [0.25, 0.3) is 0 Å². The summed E-state index contributed by atoms with van der Waals surface area (Å²) in [6, 6.07) is 3.21. The maximum atomic E-state index is 11.5. The number of rotatable bonds is 3. The van der Waals surface area contributed by atoms with Crippen LogP contribution in [0.5, 0.6) is 0 Å². The molecule has 1 fully saturated rings. The Kier molecular flexibility index (Phi) is 3.68. The number of ether oxygens (including phenoxy) is 2. The number of esters is 1. The molecule has 2 N–H and O–H groups in total. The topological polar surface area (TPSA) is 88.9 Å². The van der Waals surface area contributed by atoms with E-state index in [4.69, 9.17) is 9.47 Å². The second-order valence-electron chi connectivity index (χ2n) is 3.77. The molecule has 1 aromatic rings. The zero-order chi connectivity index (χ0) is 12.3. The zero-order valence-electron chi connectivity index (χ0n) is 9.02. The monoisotopic (exact) mass is 239 g/mol. The Morgan fingerprint density at radius 2 is 2.41 bits per heavy atom. The highest BCUT2D eigenvalue weighted by atomic mass is 16.6. The number of hydrogen-bond donors (Lipinski definition) is 2. The van der Waals surface area contributed by atoms with E-state index in [2.05, 4.69) is 4.98 Å². The second-order valence-corrected chi connectivity index (χ2v) is 3.77. The fourth-order valence-electron chi connectivity index (χ4n) is 1.54. The van der Waals surface area contributed by atoms with Crippen LogP contribution in [-0.2, 0) is 9.47 Å². The lowest BCUT2D eigenvalue weighted by Gasteiger charge is -2.14. The van der Waals surface area contributed by atoms with Crippen LogP contribution in [0, 0.1) is 0 Å². The minimum absolute atomic E-state index is 0.0519. The third-order valence-electron chi connectivity index (χ3n) is 2.53. The standard InChI is InChI=1S/C11H13NO5/c13-8-5-16-9(10(8)14)6-17-11(15)7-2-1-3-12-4-7/h1-4,8-10,13-14H,5-6H2/t8-,9?,10-/m0/s1. The van der Waals surface area contributed by atoms with E-state index in [-0.39, 0.29) is 13.2 Å². The molecule has 0 radical (unpaired) electrons. The van der Waals surface area contributed by atoms with Crippen molar-refractivity contribution in [3.8, 4) is 0 Å². The summed E-state index contributed by atoms with van der Waals surface area (Å²) < 4.78 is 10.0. The van der Waals surface area contributed by atoms with Gasteiger partial charge in [-0.3, -0.25) is 4.98 Å². The molecule has 0 aliphatic carbocycles. The van der Waals surface area contributed by atoms with E-state index in [1.807, 2.05) is 0 Å². The van der Waals surface area contributed by atoms with Crippen LogP contribution in [-0.4, -0.2) is 52.7 Å². The maximum absolute atomic E-state index is 11.5. The highest BCUT2D eigenvalue weighted by Crippen LogP contribution is 2.15. The zero-order valence-corrected chi connectivity index (χ0v) is 9.02. The van der Waals surface area contributed by atoms with Gasteiger partial charge in [-0.1, -0.05) is 0 Å². The largest absolute Gasteiger partial charge is 0.459 e. The summed E-state index contributed by atoms with van der Waals surface area (Å²) in [7, 11) is 0. The number of aromatic nitrogens is 1. The predicted octanol–water partition coefficient (Wildman–Crippen LogP) is -0.641. The Morgan fingerprint density at radius 3 is 3.00 bits per heavy atom. The van der Waals surface area contributed by atoms with E-state index in [0.29, 0.717) is 5.56 Å². The van der Waals surface area contributed by atoms with Crippen LogP contribution >= 0.6 is 0 Å². The van der Waals surface area contributed by atoms with Crippen LogP contribution < -0.4 is 0 Å². The molecule has 0 spiro atoms. The average Bonchev–Trinajstić information content (AvgIpc) is 2.68. The van der Waals surface area contributed by atoms with Gasteiger partial charge in [-0.2, -0.15) is 0 Å². The Balaban J connectivity index is 1.85. The normalized spacial score (nSPS) is 28.0. The van der Waals surface area contributed by atoms with Crippen LogP contribution in [0.3, 0.4) is 0 Å². The maximum Gasteiger partial charge on any atom is 0.339 e. The van der Waals surface area contributed by atoms with Crippen LogP contribution in [0.25, 0.3) is 0 Å². The van der Waals surface area contributed by atoms with Gasteiger partial charge in [0.05, 0.1) is 12.2 Å². The van der Waals surface area contributed by atoms with Crippen LogP contribution in [0.1, 0.15) is 10.4 Å². The lowest BCUT2D eigenvalue weighted by molar-refractivity contribution is -0.0204. The molecule has 6 heteroatoms. The molecule has 0 amide bonds. The first-order valence-corrected chi connectivity index (χ1v) is 5.23. The number of carbonyl (C=O) groups is 1. The third kappa shape index (κ3) is 2.79. The summed E-state index contributed by atoms with van der Waals surface area (Å²) >= 11 is 0. The molecular formula is C11H13NO5. The summed E-state index contributed by atoms with van der Waals surface area (Å²) in [5.74, 6) is -0.532. The molecule has 1 saturated heterocycles. The highest BCUT2D eigenvalue weighted by Gasteiger charge is 2.35. The fraction of sp³-hybridized carbons (Fsp3) is 0.455. The van der Waals surface area contributed by atoms with Gasteiger partial charge in [-0.05, 0) is 12.1 Å². The highest BCUT2D eigenvalue weighted by molar-refractivity contribution is 5.88. The van der Waals surface area contributed by atoms with Crippen molar-refractivity contribution in [3.05, 3.63) is 30.1 Å². The van der Waals surface area contributed by atoms with Crippen molar-refractivity contribution in [2.45, 2.75) is 18.3 Å². The smallest absolute Gasteiger partial charge is 0.339 e. The molecular weight excluding hydrogens is 226 g/mol. The molecule has 0 bridgehead atoms. The minimum atomic E-state index is -1.02. The number of aliphatic hydroxyl groups excluding tert-OH is 2. The molecule has 0 saturated carbocycles. The second kappa shape index (κ2) is 5.22. The Hall–Kier alpha value is -1.50. The number of nitrogens with zero attached hydrogens (tertiary/aromatic N) is 1. The summed E-state index contributed by atoms with van der Waals surface area (Å²) in [5.41, 5.74) is 0.334. The SMILES string of the molecule is O=C(OCC1OC[C@H](O)[C@@H]1O)c1cccnc1. The molecule has 1 unspecified atom stereocenters. The van der Waals surface area contributed by atoms with Crippen molar-refractivity contribution in [2.75, 3.05) is 13.2 Å². The van der Waals surface area contributed by atoms with Crippen molar-refractivity contribution in [3.63, 3.8) is 0 Å². The molecule has 17 heavy (non-hydrogen) atoms. The van der Waals surface area contributed by atoms with Crippen molar-refractivity contribution in [1.29, 1.82) is 0 Å². The fourth-order valence-corrected chi connectivity index (χ4v) is 1.54. The summed E-state index contributed by atoms with van der Waals surface area (Å²) in [4.78, 5) is 15.3. The van der Waals surface area contributed by atoms with Crippen LogP contribution in [0.15, 0.2) is 24.5 Å². The van der Waals surface area contributed by atoms with Gasteiger partial charge < -0.3 is 19.7 Å². The average molecular weight is 239 g/mol. The molecule has 1 aliphatic heterocycles. The van der Waals surface area contributed by atoms with E-state index in [1.165, 1.54) is 6.20 Å². The summed E-state index contributed by atoms with van der Waals surface area (Å²) in [6.45, 7) is -0.0395. The Bertz CT molecular complexity index is 383. The molecule has 2 heterocycles. The van der Waals surface area contributed by atoms with Crippen LogP contribution in [0.2, 0.25) is 0 Å². The van der Waals surface area contributed by atoms with Crippen LogP contribution in [0.4, 0.5) is 0 Å². The van der Waals surface area contributed by atoms with Gasteiger partial charge in [0.15, 0.2) is 0 Å². The van der Waals surface area contributed by atoms with Gasteiger partial charge >= 0.3 is 5.97 Å². The van der Waals surface area contributed by atoms with E-state index in [9.17, 15) is 15.0 Å². The van der Waals surface area contributed by atoms with Gasteiger partial charge in [-0.15, -0.1) is 0 Å². The Labute approximate surface area is 97.8 Å². The molecule has 3 atom stereocenters. The molecule has 1 aliphatic rings. The van der Waals surface area contributed by atoms with Gasteiger partial charge in [-0.25, -0.2) is 4.79 Å². The molecule has 6 nitrogen and oxygen atoms in total. The molecule has 0 aromatic carbocycles. The van der Waals surface area contributed by atoms with E-state index >= 15 is 0 Å². The van der Waals surface area contributed by atoms with Gasteiger partial charge in [0.1, 0.15) is 24.9 Å². The van der Waals surface area contributed by atoms with Gasteiger partial charge in [0.2, 0.25) is 0 Å². The van der Waals surface area contributed by atoms with E-state index in [0.717, 1.165) is 0 Å². The Morgan fingerprint density at radius 1 is 1.59 bits per heavy atom. The lowest BCUT2D eigenvalue weighted by atomic mass is 10.1. The predicted molar refractivity (Wildman–Crippen MR) is 56.3 cm³/mol. The lowest BCUT2D eigenvalue weighted by Crippen LogP contribution is -2.33. The first-order valence-electron chi connectivity index (χ1n) is 5.23. The quantitative estimate of drug-likeness (QED) is 0.682. The van der Waals surface area contributed by atoms with Gasteiger partial charge in [0, 0.05) is 12.4 Å². The van der Waals surface area contributed by atoms with Crippen molar-refractivity contribution in [2.24, 2.45) is 0 Å². The van der Waals surface area contributed by atoms with Crippen molar-refractivity contribution < 1.29 is 24.5 Å². The third-order valence-corrected chi connectivity index (χ3v) is 2.53. The number of aliphatic hydroxyl groups is 2. The first-order chi connectivity index (χ1) is 8.18. The number of hydrogen-bond acceptors (Lipinski definition) is 6. The van der Waals surface area contributed by atoms with E-state index < -0.39 is 24.3 Å². The minimum Gasteiger partial charge on any atom is -0.459 e. The number of pyridine rings is 1. The molecule has 92 valence electrons. The summed E-state index contributed by atoms with van der Waals surface area (Å²) in [5, 5.41) is 18.7. The summed E-state index contributed by atoms with van der Waals surface area (Å²) in [6.07, 6.45) is 0.333.